The van der Waals surface area contributed by atoms with Crippen LogP contribution in [-0.4, -0.2) is 43.2 Å². The van der Waals surface area contributed by atoms with Gasteiger partial charge in [-0.1, -0.05) is 6.07 Å². The van der Waals surface area contributed by atoms with Gasteiger partial charge in [0.1, 0.15) is 12.1 Å². The summed E-state index contributed by atoms with van der Waals surface area (Å²) in [5, 5.41) is 0. The number of ether oxygens (including phenoxy) is 2. The fourth-order valence-electron chi connectivity index (χ4n) is 1.68. The number of carbonyl (C=O) groups excluding carboxylic acids is 2. The fraction of sp³-hybridized carbons (Fsp3) is 0.462. The monoisotopic (exact) mass is 281 g/mol. The zero-order valence-electron chi connectivity index (χ0n) is 11.5. The second-order valence-electron chi connectivity index (χ2n) is 4.29. The van der Waals surface area contributed by atoms with Gasteiger partial charge < -0.3 is 20.9 Å². The Kier molecular flexibility index (Phi) is 6.08. The maximum absolute atomic E-state index is 11.3. The molecule has 2 atom stereocenters. The van der Waals surface area contributed by atoms with E-state index in [-0.39, 0.29) is 12.8 Å². The standard InChI is InChI=1S/C13H19N3O4/c1-19-12(17)10(14)6-8-4-3-5-9(16-8)7-11(15)13(18)20-2/h3-5,10-11H,6-7,14-15H2,1-2H3/t10-,11-/m0/s1. The molecule has 1 aromatic heterocycles. The van der Waals surface area contributed by atoms with Crippen LogP contribution in [0.2, 0.25) is 0 Å². The summed E-state index contributed by atoms with van der Waals surface area (Å²) < 4.78 is 9.10. The van der Waals surface area contributed by atoms with E-state index in [9.17, 15) is 9.59 Å². The van der Waals surface area contributed by atoms with Crippen molar-refractivity contribution in [3.05, 3.63) is 29.6 Å². The highest BCUT2D eigenvalue weighted by molar-refractivity contribution is 5.76. The molecule has 1 rings (SSSR count). The molecule has 0 radical (unpaired) electrons. The van der Waals surface area contributed by atoms with Crippen molar-refractivity contribution in [2.75, 3.05) is 14.2 Å². The minimum Gasteiger partial charge on any atom is -0.468 e. The number of aromatic nitrogens is 1. The third-order valence-corrected chi connectivity index (χ3v) is 2.73. The lowest BCUT2D eigenvalue weighted by molar-refractivity contribution is -0.142. The van der Waals surface area contributed by atoms with Gasteiger partial charge in [0.15, 0.2) is 0 Å². The van der Waals surface area contributed by atoms with Crippen LogP contribution in [0.25, 0.3) is 0 Å². The van der Waals surface area contributed by atoms with Gasteiger partial charge in [-0.15, -0.1) is 0 Å². The summed E-state index contributed by atoms with van der Waals surface area (Å²) in [6.07, 6.45) is 0.516. The molecule has 0 fully saturated rings. The second-order valence-corrected chi connectivity index (χ2v) is 4.29. The van der Waals surface area contributed by atoms with Crippen LogP contribution in [0.5, 0.6) is 0 Å². The molecule has 0 unspecified atom stereocenters. The lowest BCUT2D eigenvalue weighted by Gasteiger charge is -2.11. The normalized spacial score (nSPS) is 13.4. The van der Waals surface area contributed by atoms with Crippen LogP contribution in [0.15, 0.2) is 18.2 Å². The first-order valence-electron chi connectivity index (χ1n) is 6.09. The third-order valence-electron chi connectivity index (χ3n) is 2.73. The minimum atomic E-state index is -0.767. The van der Waals surface area contributed by atoms with Crippen LogP contribution < -0.4 is 11.5 Å². The Morgan fingerprint density at radius 1 is 1.05 bits per heavy atom. The van der Waals surface area contributed by atoms with Crippen molar-refractivity contribution in [1.29, 1.82) is 0 Å². The predicted molar refractivity (Wildman–Crippen MR) is 71.6 cm³/mol. The first-order valence-corrected chi connectivity index (χ1v) is 6.09. The molecular weight excluding hydrogens is 262 g/mol. The van der Waals surface area contributed by atoms with Crippen LogP contribution in [-0.2, 0) is 31.9 Å². The Morgan fingerprint density at radius 3 is 1.80 bits per heavy atom. The molecule has 110 valence electrons. The van der Waals surface area contributed by atoms with Gasteiger partial charge in [0.25, 0.3) is 0 Å². The van der Waals surface area contributed by atoms with E-state index in [0.29, 0.717) is 11.4 Å². The Balaban J connectivity index is 2.71. The number of nitrogens with zero attached hydrogens (tertiary/aromatic N) is 1. The van der Waals surface area contributed by atoms with E-state index in [1.54, 1.807) is 18.2 Å². The van der Waals surface area contributed by atoms with Gasteiger partial charge in [0.05, 0.1) is 14.2 Å². The highest BCUT2D eigenvalue weighted by atomic mass is 16.5. The van der Waals surface area contributed by atoms with E-state index in [0.717, 1.165) is 0 Å². The first kappa shape index (κ1) is 16.1. The first-order chi connectivity index (χ1) is 9.47. The predicted octanol–water partition coefficient (Wildman–Crippen LogP) is -0.833. The molecule has 0 aliphatic heterocycles. The Labute approximate surface area is 117 Å². The molecule has 0 aliphatic carbocycles. The molecule has 0 aliphatic rings. The SMILES string of the molecule is COC(=O)[C@@H](N)Cc1cccc(C[C@H](N)C(=O)OC)n1. The molecule has 7 heteroatoms. The van der Waals surface area contributed by atoms with Crippen molar-refractivity contribution in [3.63, 3.8) is 0 Å². The van der Waals surface area contributed by atoms with Gasteiger partial charge in [-0.25, -0.2) is 0 Å². The van der Waals surface area contributed by atoms with Gasteiger partial charge in [-0.05, 0) is 12.1 Å². The largest absolute Gasteiger partial charge is 0.468 e. The van der Waals surface area contributed by atoms with Crippen LogP contribution in [0.1, 0.15) is 11.4 Å². The van der Waals surface area contributed by atoms with Gasteiger partial charge in [0.2, 0.25) is 0 Å². The average Bonchev–Trinajstić information content (AvgIpc) is 2.45. The lowest BCUT2D eigenvalue weighted by Crippen LogP contribution is -2.35. The number of esters is 2. The van der Waals surface area contributed by atoms with Crippen molar-refractivity contribution in [2.45, 2.75) is 24.9 Å². The van der Waals surface area contributed by atoms with E-state index in [1.165, 1.54) is 14.2 Å². The van der Waals surface area contributed by atoms with Crippen LogP contribution in [0, 0.1) is 0 Å². The van der Waals surface area contributed by atoms with E-state index < -0.39 is 24.0 Å². The molecule has 4 N–H and O–H groups in total. The smallest absolute Gasteiger partial charge is 0.323 e. The summed E-state index contributed by atoms with van der Waals surface area (Å²) >= 11 is 0. The minimum absolute atomic E-state index is 0.258. The fourth-order valence-corrected chi connectivity index (χ4v) is 1.68. The topological polar surface area (TPSA) is 118 Å². The third kappa shape index (κ3) is 4.60. The van der Waals surface area contributed by atoms with E-state index >= 15 is 0 Å². The molecule has 0 amide bonds. The van der Waals surface area contributed by atoms with Crippen molar-refractivity contribution >= 4 is 11.9 Å². The maximum atomic E-state index is 11.3. The number of pyridine rings is 1. The molecule has 20 heavy (non-hydrogen) atoms. The highest BCUT2D eigenvalue weighted by Gasteiger charge is 2.17. The summed E-state index contributed by atoms with van der Waals surface area (Å²) in [7, 11) is 2.56. The van der Waals surface area contributed by atoms with E-state index in [2.05, 4.69) is 14.5 Å². The second kappa shape index (κ2) is 7.56. The summed E-state index contributed by atoms with van der Waals surface area (Å²) in [5.74, 6) is -0.994. The number of methoxy groups -OCH3 is 2. The Bertz CT molecular complexity index is 439. The van der Waals surface area contributed by atoms with Crippen molar-refractivity contribution < 1.29 is 19.1 Å². The summed E-state index contributed by atoms with van der Waals surface area (Å²) in [6, 6.07) is 3.73. The van der Waals surface area contributed by atoms with Crippen molar-refractivity contribution in [3.8, 4) is 0 Å². The molecule has 0 aromatic carbocycles. The highest BCUT2D eigenvalue weighted by Crippen LogP contribution is 2.05. The van der Waals surface area contributed by atoms with Crippen LogP contribution >= 0.6 is 0 Å². The Morgan fingerprint density at radius 2 is 1.45 bits per heavy atom. The number of carbonyl (C=O) groups is 2. The van der Waals surface area contributed by atoms with E-state index in [4.69, 9.17) is 11.5 Å². The van der Waals surface area contributed by atoms with Crippen molar-refractivity contribution in [2.24, 2.45) is 11.5 Å². The molecule has 0 saturated carbocycles. The molecule has 1 aromatic rings. The number of hydrogen-bond donors (Lipinski definition) is 2. The lowest BCUT2D eigenvalue weighted by atomic mass is 10.1. The van der Waals surface area contributed by atoms with Crippen molar-refractivity contribution in [1.82, 2.24) is 4.98 Å². The zero-order valence-corrected chi connectivity index (χ0v) is 11.5. The van der Waals surface area contributed by atoms with Crippen LogP contribution in [0.3, 0.4) is 0 Å². The van der Waals surface area contributed by atoms with Crippen LogP contribution in [0.4, 0.5) is 0 Å². The summed E-state index contributed by atoms with van der Waals surface area (Å²) in [6.45, 7) is 0. The maximum Gasteiger partial charge on any atom is 0.323 e. The average molecular weight is 281 g/mol. The quantitative estimate of drug-likeness (QED) is 0.653. The molecule has 7 nitrogen and oxygen atoms in total. The molecule has 1 heterocycles. The number of rotatable bonds is 6. The Hall–Kier alpha value is -1.99. The zero-order chi connectivity index (χ0) is 15.1. The summed E-state index contributed by atoms with van der Waals surface area (Å²) in [4.78, 5) is 26.8. The van der Waals surface area contributed by atoms with Gasteiger partial charge in [0, 0.05) is 24.2 Å². The van der Waals surface area contributed by atoms with Gasteiger partial charge in [-0.3, -0.25) is 14.6 Å². The molecule has 0 saturated heterocycles. The summed E-state index contributed by atoms with van der Waals surface area (Å²) in [5.41, 5.74) is 12.6. The molecule has 0 spiro atoms. The molecular formula is C13H19N3O4. The van der Waals surface area contributed by atoms with E-state index in [1.807, 2.05) is 0 Å². The van der Waals surface area contributed by atoms with Gasteiger partial charge in [-0.2, -0.15) is 0 Å². The van der Waals surface area contributed by atoms with Gasteiger partial charge >= 0.3 is 11.9 Å². The number of hydrogen-bond acceptors (Lipinski definition) is 7. The number of nitrogens with two attached hydrogens (primary N) is 2. The molecule has 0 bridgehead atoms.